The van der Waals surface area contributed by atoms with Crippen molar-refractivity contribution >= 4 is 30.8 Å². The van der Waals surface area contributed by atoms with E-state index in [4.69, 9.17) is 16.0 Å². The van der Waals surface area contributed by atoms with E-state index in [1.807, 2.05) is 42.5 Å². The number of nitrogens with one attached hydrogen (secondary N) is 1. The Kier molecular flexibility index (Phi) is 7.48. The molecule has 1 aromatic heterocycles. The summed E-state index contributed by atoms with van der Waals surface area (Å²) in [6.45, 7) is 2.97. The van der Waals surface area contributed by atoms with Crippen molar-refractivity contribution in [1.29, 1.82) is 0 Å². The summed E-state index contributed by atoms with van der Waals surface area (Å²) in [5.74, 6) is 0.834. The zero-order valence-electron chi connectivity index (χ0n) is 19.8. The first kappa shape index (κ1) is 25.9. The van der Waals surface area contributed by atoms with Crippen LogP contribution in [0.2, 0.25) is 5.02 Å². The molecule has 0 radical (unpaired) electrons. The highest BCUT2D eigenvalue weighted by molar-refractivity contribution is 7.53. The smallest absolute Gasteiger partial charge is 0.335 e. The fourth-order valence-corrected chi connectivity index (χ4v) is 4.25. The standard InChI is InChI=1S/C27H26ClN2O5P/c1-27(2,36(32,33)34)20-10-14-22(15-11-20)29-24(31)17-16-23-25(18-8-12-21(28)13-9-18)30-26(35-23)19-6-4-3-5-7-19/h3-15H,16-17H2,1-2H3,(H,29,31)(H2,32,33,34). The van der Waals surface area contributed by atoms with Crippen molar-refractivity contribution in [2.24, 2.45) is 0 Å². The molecule has 0 saturated heterocycles. The van der Waals surface area contributed by atoms with Crippen molar-refractivity contribution in [2.45, 2.75) is 31.8 Å². The largest absolute Gasteiger partial charge is 0.440 e. The van der Waals surface area contributed by atoms with Crippen LogP contribution in [0.25, 0.3) is 22.7 Å². The number of benzene rings is 3. The van der Waals surface area contributed by atoms with E-state index in [1.54, 1.807) is 36.4 Å². The van der Waals surface area contributed by atoms with Crippen molar-refractivity contribution in [1.82, 2.24) is 4.98 Å². The lowest BCUT2D eigenvalue weighted by Crippen LogP contribution is -2.17. The Hall–Kier alpha value is -3.22. The average Bonchev–Trinajstić information content (AvgIpc) is 3.28. The van der Waals surface area contributed by atoms with Crippen LogP contribution in [-0.2, 0) is 20.9 Å². The first-order valence-corrected chi connectivity index (χ1v) is 13.3. The molecular formula is C27H26ClN2O5P. The predicted molar refractivity (Wildman–Crippen MR) is 141 cm³/mol. The molecule has 1 amide bonds. The first-order chi connectivity index (χ1) is 17.0. The van der Waals surface area contributed by atoms with Crippen LogP contribution < -0.4 is 5.32 Å². The van der Waals surface area contributed by atoms with Crippen molar-refractivity contribution in [3.8, 4) is 22.7 Å². The van der Waals surface area contributed by atoms with Crippen molar-refractivity contribution in [2.75, 3.05) is 5.32 Å². The first-order valence-electron chi connectivity index (χ1n) is 11.3. The van der Waals surface area contributed by atoms with Gasteiger partial charge >= 0.3 is 7.60 Å². The Bertz CT molecular complexity index is 1390. The van der Waals surface area contributed by atoms with Crippen LogP contribution in [0.1, 0.15) is 31.6 Å². The second-order valence-electron chi connectivity index (χ2n) is 8.89. The van der Waals surface area contributed by atoms with E-state index in [1.165, 1.54) is 13.8 Å². The van der Waals surface area contributed by atoms with Gasteiger partial charge in [-0.15, -0.1) is 0 Å². The van der Waals surface area contributed by atoms with Crippen LogP contribution in [0.3, 0.4) is 0 Å². The molecule has 0 saturated carbocycles. The summed E-state index contributed by atoms with van der Waals surface area (Å²) in [6.07, 6.45) is 0.479. The maximum atomic E-state index is 12.7. The highest BCUT2D eigenvalue weighted by Gasteiger charge is 2.39. The van der Waals surface area contributed by atoms with Crippen molar-refractivity contribution < 1.29 is 23.6 Å². The van der Waals surface area contributed by atoms with E-state index in [0.717, 1.165) is 11.1 Å². The predicted octanol–water partition coefficient (Wildman–Crippen LogP) is 6.65. The Morgan fingerprint density at radius 3 is 2.22 bits per heavy atom. The summed E-state index contributed by atoms with van der Waals surface area (Å²) in [4.78, 5) is 36.6. The van der Waals surface area contributed by atoms with Crippen LogP contribution >= 0.6 is 19.2 Å². The van der Waals surface area contributed by atoms with Gasteiger partial charge in [-0.1, -0.05) is 54.1 Å². The summed E-state index contributed by atoms with van der Waals surface area (Å²) in [6, 6.07) is 23.3. The van der Waals surface area contributed by atoms with Gasteiger partial charge in [0.05, 0.1) is 5.16 Å². The van der Waals surface area contributed by atoms with Gasteiger partial charge in [-0.2, -0.15) is 0 Å². The van der Waals surface area contributed by atoms with E-state index in [2.05, 4.69) is 10.3 Å². The summed E-state index contributed by atoms with van der Waals surface area (Å²) in [5.41, 5.74) is 3.34. The molecular weight excluding hydrogens is 499 g/mol. The lowest BCUT2D eigenvalue weighted by molar-refractivity contribution is -0.116. The Morgan fingerprint density at radius 1 is 0.972 bits per heavy atom. The van der Waals surface area contributed by atoms with Crippen LogP contribution in [0.4, 0.5) is 5.69 Å². The molecule has 4 aromatic rings. The van der Waals surface area contributed by atoms with Gasteiger partial charge < -0.3 is 19.5 Å². The SMILES string of the molecule is CC(C)(c1ccc(NC(=O)CCc2oc(-c3ccccc3)nc2-c2ccc(Cl)cc2)cc1)P(=O)(O)O. The van der Waals surface area contributed by atoms with Gasteiger partial charge in [-0.3, -0.25) is 9.36 Å². The zero-order chi connectivity index (χ0) is 25.9. The molecule has 1 heterocycles. The molecule has 7 nitrogen and oxygen atoms in total. The number of anilines is 1. The fourth-order valence-electron chi connectivity index (χ4n) is 3.64. The van der Waals surface area contributed by atoms with Crippen molar-refractivity contribution in [3.63, 3.8) is 0 Å². The molecule has 0 aliphatic carbocycles. The molecule has 3 aromatic carbocycles. The molecule has 186 valence electrons. The third-order valence-electron chi connectivity index (χ3n) is 6.02. The third-order valence-corrected chi connectivity index (χ3v) is 7.98. The van der Waals surface area contributed by atoms with E-state index >= 15 is 0 Å². The highest BCUT2D eigenvalue weighted by atomic mass is 35.5. The summed E-state index contributed by atoms with van der Waals surface area (Å²) in [5, 5.41) is 2.11. The molecule has 0 fully saturated rings. The van der Waals surface area contributed by atoms with Gasteiger partial charge in [0.2, 0.25) is 11.8 Å². The number of halogens is 1. The molecule has 4 rings (SSSR count). The van der Waals surface area contributed by atoms with Gasteiger partial charge in [0, 0.05) is 34.7 Å². The molecule has 9 heteroatoms. The number of aromatic nitrogens is 1. The number of rotatable bonds is 8. The molecule has 36 heavy (non-hydrogen) atoms. The van der Waals surface area contributed by atoms with Crippen LogP contribution in [0.5, 0.6) is 0 Å². The van der Waals surface area contributed by atoms with Gasteiger partial charge in [-0.25, -0.2) is 4.98 Å². The maximum absolute atomic E-state index is 12.7. The third kappa shape index (κ3) is 5.77. The number of hydrogen-bond acceptors (Lipinski definition) is 4. The van der Waals surface area contributed by atoms with Crippen LogP contribution in [0.15, 0.2) is 83.3 Å². The minimum absolute atomic E-state index is 0.153. The molecule has 0 aliphatic rings. The fraction of sp³-hybridized carbons (Fsp3) is 0.185. The summed E-state index contributed by atoms with van der Waals surface area (Å²) >= 11 is 6.04. The lowest BCUT2D eigenvalue weighted by atomic mass is 10.0. The lowest BCUT2D eigenvalue weighted by Gasteiger charge is -2.26. The molecule has 3 N–H and O–H groups in total. The molecule has 0 unspecified atom stereocenters. The van der Waals surface area contributed by atoms with E-state index in [9.17, 15) is 19.1 Å². The van der Waals surface area contributed by atoms with Crippen LogP contribution in [-0.4, -0.2) is 20.7 Å². The molecule has 0 spiro atoms. The molecule has 0 bridgehead atoms. The minimum atomic E-state index is -4.34. The number of aryl methyl sites for hydroxylation is 1. The number of carbonyl (C=O) groups is 1. The number of hydrogen-bond donors (Lipinski definition) is 3. The van der Waals surface area contributed by atoms with E-state index in [-0.39, 0.29) is 12.3 Å². The normalized spacial score (nSPS) is 11.9. The number of carbonyl (C=O) groups excluding carboxylic acids is 1. The molecule has 0 aliphatic heterocycles. The Labute approximate surface area is 214 Å². The van der Waals surface area contributed by atoms with Gasteiger partial charge in [0.1, 0.15) is 11.5 Å². The highest BCUT2D eigenvalue weighted by Crippen LogP contribution is 2.56. The number of oxazole rings is 1. The van der Waals surface area contributed by atoms with Gasteiger partial charge in [-0.05, 0) is 55.8 Å². The monoisotopic (exact) mass is 524 g/mol. The van der Waals surface area contributed by atoms with E-state index in [0.29, 0.717) is 40.0 Å². The van der Waals surface area contributed by atoms with Crippen LogP contribution in [0, 0.1) is 0 Å². The number of nitrogens with zero attached hydrogens (tertiary/aromatic N) is 1. The van der Waals surface area contributed by atoms with Gasteiger partial charge in [0.25, 0.3) is 0 Å². The maximum Gasteiger partial charge on any atom is 0.335 e. The Morgan fingerprint density at radius 2 is 1.61 bits per heavy atom. The topological polar surface area (TPSA) is 113 Å². The quantitative estimate of drug-likeness (QED) is 0.222. The van der Waals surface area contributed by atoms with Gasteiger partial charge in [0.15, 0.2) is 0 Å². The minimum Gasteiger partial charge on any atom is -0.440 e. The second-order valence-corrected chi connectivity index (χ2v) is 11.5. The zero-order valence-corrected chi connectivity index (χ0v) is 21.5. The summed E-state index contributed by atoms with van der Waals surface area (Å²) in [7, 11) is -4.34. The average molecular weight is 525 g/mol. The summed E-state index contributed by atoms with van der Waals surface area (Å²) < 4.78 is 17.9. The second kappa shape index (κ2) is 10.4. The molecule has 0 atom stereocenters. The Balaban J connectivity index is 1.49. The number of amides is 1. The van der Waals surface area contributed by atoms with Crippen molar-refractivity contribution in [3.05, 3.63) is 95.2 Å². The van der Waals surface area contributed by atoms with E-state index < -0.39 is 12.8 Å².